The van der Waals surface area contributed by atoms with Crippen molar-refractivity contribution in [3.63, 3.8) is 0 Å². The smallest absolute Gasteiger partial charge is 0.310 e. The van der Waals surface area contributed by atoms with Gasteiger partial charge in [0.25, 0.3) is 0 Å². The summed E-state index contributed by atoms with van der Waals surface area (Å²) in [6, 6.07) is 7.26. The zero-order chi connectivity index (χ0) is 13.3. The number of hydrogen-bond donors (Lipinski definition) is 2. The summed E-state index contributed by atoms with van der Waals surface area (Å²) in [5, 5.41) is 19.1. The number of phenolic OH excluding ortho intramolecular Hbond substituents is 1. The number of carboxylic acid groups (broad SMARTS) is 1. The van der Waals surface area contributed by atoms with Crippen LogP contribution < -0.4 is 0 Å². The average molecular weight is 249 g/mol. The van der Waals surface area contributed by atoms with Gasteiger partial charge in [-0.1, -0.05) is 18.2 Å². The lowest BCUT2D eigenvalue weighted by Crippen LogP contribution is -2.32. The highest BCUT2D eigenvalue weighted by Gasteiger charge is 2.42. The molecule has 1 aromatic carbocycles. The average Bonchev–Trinajstić information content (AvgIpc) is 2.73. The van der Waals surface area contributed by atoms with Crippen LogP contribution in [0.2, 0.25) is 0 Å². The standard InChI is InChI=1S/C14H19NO3/c1-10(11-5-3-4-6-12(11)16)15-8-7-14(2,9-15)13(17)18/h3-6,10,16H,7-9H2,1-2H3,(H,17,18). The number of carbonyl (C=O) groups is 1. The van der Waals surface area contributed by atoms with Gasteiger partial charge in [-0.15, -0.1) is 0 Å². The third-order valence-electron chi connectivity index (χ3n) is 3.95. The van der Waals surface area contributed by atoms with Crippen LogP contribution in [0.1, 0.15) is 31.9 Å². The van der Waals surface area contributed by atoms with Gasteiger partial charge in [0.05, 0.1) is 5.41 Å². The molecular formula is C14H19NO3. The molecule has 0 saturated carbocycles. The first kappa shape index (κ1) is 12.9. The molecule has 4 nitrogen and oxygen atoms in total. The van der Waals surface area contributed by atoms with Crippen LogP contribution in [-0.2, 0) is 4.79 Å². The number of hydrogen-bond acceptors (Lipinski definition) is 3. The number of benzene rings is 1. The van der Waals surface area contributed by atoms with Crippen molar-refractivity contribution >= 4 is 5.97 Å². The van der Waals surface area contributed by atoms with Gasteiger partial charge in [-0.25, -0.2) is 0 Å². The molecule has 4 heteroatoms. The predicted octanol–water partition coefficient (Wildman–Crippen LogP) is 2.25. The molecule has 98 valence electrons. The van der Waals surface area contributed by atoms with Crippen molar-refractivity contribution in [3.8, 4) is 5.75 Å². The van der Waals surface area contributed by atoms with Gasteiger partial charge in [-0.2, -0.15) is 0 Å². The number of aromatic hydroxyl groups is 1. The van der Waals surface area contributed by atoms with Crippen molar-refractivity contribution < 1.29 is 15.0 Å². The lowest BCUT2D eigenvalue weighted by Gasteiger charge is -2.26. The zero-order valence-electron chi connectivity index (χ0n) is 10.8. The normalized spacial score (nSPS) is 26.1. The lowest BCUT2D eigenvalue weighted by molar-refractivity contribution is -0.147. The van der Waals surface area contributed by atoms with Crippen LogP contribution in [0.3, 0.4) is 0 Å². The van der Waals surface area contributed by atoms with Crippen LogP contribution in [0.25, 0.3) is 0 Å². The number of likely N-dealkylation sites (tertiary alicyclic amines) is 1. The SMILES string of the molecule is CC(c1ccccc1O)N1CCC(C)(C(=O)O)C1. The fourth-order valence-corrected chi connectivity index (χ4v) is 2.54. The van der Waals surface area contributed by atoms with Crippen molar-refractivity contribution in [2.24, 2.45) is 5.41 Å². The second-order valence-corrected chi connectivity index (χ2v) is 5.32. The van der Waals surface area contributed by atoms with Crippen molar-refractivity contribution in [1.82, 2.24) is 4.90 Å². The molecule has 2 rings (SSSR count). The Hall–Kier alpha value is -1.55. The number of para-hydroxylation sites is 1. The van der Waals surface area contributed by atoms with Gasteiger partial charge in [0.1, 0.15) is 5.75 Å². The Morgan fingerprint density at radius 1 is 1.44 bits per heavy atom. The van der Waals surface area contributed by atoms with E-state index in [9.17, 15) is 15.0 Å². The Balaban J connectivity index is 2.15. The Morgan fingerprint density at radius 3 is 2.67 bits per heavy atom. The first-order valence-electron chi connectivity index (χ1n) is 6.19. The summed E-state index contributed by atoms with van der Waals surface area (Å²) in [5.41, 5.74) is 0.186. The molecule has 2 atom stereocenters. The molecule has 0 radical (unpaired) electrons. The Kier molecular flexibility index (Phi) is 3.30. The van der Waals surface area contributed by atoms with E-state index in [1.807, 2.05) is 19.1 Å². The van der Waals surface area contributed by atoms with Gasteiger partial charge in [0.2, 0.25) is 0 Å². The zero-order valence-corrected chi connectivity index (χ0v) is 10.8. The minimum absolute atomic E-state index is 0.0346. The monoisotopic (exact) mass is 249 g/mol. The highest BCUT2D eigenvalue weighted by Crippen LogP contribution is 2.37. The van der Waals surface area contributed by atoms with Crippen LogP contribution in [0.4, 0.5) is 0 Å². The molecule has 0 aromatic heterocycles. The largest absolute Gasteiger partial charge is 0.508 e. The molecule has 2 N–H and O–H groups in total. The highest BCUT2D eigenvalue weighted by atomic mass is 16.4. The minimum Gasteiger partial charge on any atom is -0.508 e. The van der Waals surface area contributed by atoms with E-state index in [0.29, 0.717) is 13.0 Å². The molecule has 1 saturated heterocycles. The Labute approximate surface area is 107 Å². The van der Waals surface area contributed by atoms with Gasteiger partial charge in [0.15, 0.2) is 0 Å². The summed E-state index contributed by atoms with van der Waals surface area (Å²) in [6.45, 7) is 5.06. The van der Waals surface area contributed by atoms with Gasteiger partial charge in [-0.05, 0) is 32.9 Å². The number of rotatable bonds is 3. The molecule has 1 fully saturated rings. The molecule has 0 aliphatic carbocycles. The molecule has 0 bridgehead atoms. The molecule has 18 heavy (non-hydrogen) atoms. The second-order valence-electron chi connectivity index (χ2n) is 5.32. The van der Waals surface area contributed by atoms with E-state index in [-0.39, 0.29) is 11.8 Å². The summed E-state index contributed by atoms with van der Waals surface area (Å²) < 4.78 is 0. The lowest BCUT2D eigenvalue weighted by atomic mass is 9.90. The van der Waals surface area contributed by atoms with Gasteiger partial charge in [-0.3, -0.25) is 9.69 Å². The van der Waals surface area contributed by atoms with E-state index in [0.717, 1.165) is 12.1 Å². The first-order chi connectivity index (χ1) is 8.44. The van der Waals surface area contributed by atoms with Gasteiger partial charge in [0, 0.05) is 18.2 Å². The third-order valence-corrected chi connectivity index (χ3v) is 3.95. The number of aliphatic carboxylic acids is 1. The predicted molar refractivity (Wildman–Crippen MR) is 68.5 cm³/mol. The maximum absolute atomic E-state index is 11.2. The van der Waals surface area contributed by atoms with E-state index in [1.54, 1.807) is 19.1 Å². The molecule has 2 unspecified atom stereocenters. The van der Waals surface area contributed by atoms with Gasteiger partial charge < -0.3 is 10.2 Å². The third kappa shape index (κ3) is 2.20. The van der Waals surface area contributed by atoms with E-state index >= 15 is 0 Å². The summed E-state index contributed by atoms with van der Waals surface area (Å²) >= 11 is 0. The van der Waals surface area contributed by atoms with Crippen molar-refractivity contribution in [1.29, 1.82) is 0 Å². The van der Waals surface area contributed by atoms with Crippen molar-refractivity contribution in [2.75, 3.05) is 13.1 Å². The molecule has 0 amide bonds. The Bertz CT molecular complexity index is 460. The maximum atomic E-state index is 11.2. The fourth-order valence-electron chi connectivity index (χ4n) is 2.54. The maximum Gasteiger partial charge on any atom is 0.310 e. The fraction of sp³-hybridized carbons (Fsp3) is 0.500. The molecule has 1 heterocycles. The number of phenols is 1. The highest BCUT2D eigenvalue weighted by molar-refractivity contribution is 5.74. The quantitative estimate of drug-likeness (QED) is 0.862. The van der Waals surface area contributed by atoms with Crippen molar-refractivity contribution in [2.45, 2.75) is 26.3 Å². The van der Waals surface area contributed by atoms with Crippen LogP contribution in [0.5, 0.6) is 5.75 Å². The summed E-state index contributed by atoms with van der Waals surface area (Å²) in [4.78, 5) is 13.3. The van der Waals surface area contributed by atoms with Crippen LogP contribution in [0, 0.1) is 5.41 Å². The molecule has 1 aromatic rings. The molecular weight excluding hydrogens is 230 g/mol. The molecule has 0 spiro atoms. The van der Waals surface area contributed by atoms with Crippen LogP contribution >= 0.6 is 0 Å². The summed E-state index contributed by atoms with van der Waals surface area (Å²) in [5.74, 6) is -0.469. The minimum atomic E-state index is -0.741. The Morgan fingerprint density at radius 2 is 2.11 bits per heavy atom. The second kappa shape index (κ2) is 4.61. The van der Waals surface area contributed by atoms with Gasteiger partial charge >= 0.3 is 5.97 Å². The topological polar surface area (TPSA) is 60.8 Å². The van der Waals surface area contributed by atoms with Crippen LogP contribution in [-0.4, -0.2) is 34.2 Å². The molecule has 1 aliphatic heterocycles. The summed E-state index contributed by atoms with van der Waals surface area (Å²) in [6.07, 6.45) is 0.653. The van der Waals surface area contributed by atoms with E-state index in [2.05, 4.69) is 4.90 Å². The van der Waals surface area contributed by atoms with E-state index < -0.39 is 11.4 Å². The summed E-state index contributed by atoms with van der Waals surface area (Å²) in [7, 11) is 0. The number of carboxylic acids is 1. The van der Waals surface area contributed by atoms with Crippen LogP contribution in [0.15, 0.2) is 24.3 Å². The first-order valence-corrected chi connectivity index (χ1v) is 6.19. The van der Waals surface area contributed by atoms with E-state index in [1.165, 1.54) is 0 Å². The van der Waals surface area contributed by atoms with Crippen molar-refractivity contribution in [3.05, 3.63) is 29.8 Å². The van der Waals surface area contributed by atoms with E-state index in [4.69, 9.17) is 0 Å². The molecule has 1 aliphatic rings. The number of nitrogens with zero attached hydrogens (tertiary/aromatic N) is 1.